The van der Waals surface area contributed by atoms with Crippen LogP contribution in [-0.4, -0.2) is 44.1 Å². The number of sulfonamides is 1. The molecular weight excluding hydrogens is 382 g/mol. The van der Waals surface area contributed by atoms with Gasteiger partial charge in [-0.15, -0.1) is 0 Å². The molecule has 0 bridgehead atoms. The van der Waals surface area contributed by atoms with Gasteiger partial charge in [-0.05, 0) is 19.1 Å². The van der Waals surface area contributed by atoms with Gasteiger partial charge in [-0.2, -0.15) is 9.29 Å². The van der Waals surface area contributed by atoms with Crippen LogP contribution < -0.4 is 9.47 Å². The molecule has 3 rings (SSSR count). The topological polar surface area (TPSA) is 94.8 Å². The van der Waals surface area contributed by atoms with Crippen LogP contribution in [0.15, 0.2) is 51.9 Å². The molecule has 0 radical (unpaired) electrons. The van der Waals surface area contributed by atoms with Crippen LogP contribution in [-0.2, 0) is 16.6 Å². The number of hydrogen-bond acceptors (Lipinski definition) is 7. The Morgan fingerprint density at radius 3 is 2.43 bits per heavy atom. The van der Waals surface area contributed by atoms with Crippen LogP contribution in [0, 0.1) is 6.92 Å². The maximum atomic E-state index is 13.0. The molecule has 1 aromatic heterocycles. The zero-order valence-electron chi connectivity index (χ0n) is 16.0. The molecular formula is C19H21N3O5S. The van der Waals surface area contributed by atoms with E-state index in [1.807, 2.05) is 31.2 Å². The summed E-state index contributed by atoms with van der Waals surface area (Å²) in [6, 6.07) is 12.2. The number of hydrogen-bond donors (Lipinski definition) is 0. The lowest BCUT2D eigenvalue weighted by atomic mass is 10.1. The average Bonchev–Trinajstić information content (AvgIpc) is 3.16. The molecule has 2 aromatic carbocycles. The highest BCUT2D eigenvalue weighted by molar-refractivity contribution is 7.89. The molecule has 8 nitrogen and oxygen atoms in total. The van der Waals surface area contributed by atoms with Crippen molar-refractivity contribution in [2.24, 2.45) is 0 Å². The van der Waals surface area contributed by atoms with Crippen molar-refractivity contribution < 1.29 is 22.4 Å². The second-order valence-corrected chi connectivity index (χ2v) is 8.17. The summed E-state index contributed by atoms with van der Waals surface area (Å²) in [5, 5.41) is 3.93. The summed E-state index contributed by atoms with van der Waals surface area (Å²) in [6.45, 7) is 1.90. The minimum Gasteiger partial charge on any atom is -0.497 e. The minimum absolute atomic E-state index is 0.00452. The molecule has 0 fully saturated rings. The molecule has 0 aliphatic carbocycles. The molecule has 0 aliphatic rings. The van der Waals surface area contributed by atoms with Crippen molar-refractivity contribution in [3.05, 3.63) is 53.9 Å². The molecule has 0 saturated heterocycles. The van der Waals surface area contributed by atoms with Gasteiger partial charge in [-0.3, -0.25) is 0 Å². The van der Waals surface area contributed by atoms with E-state index < -0.39 is 10.0 Å². The number of methoxy groups -OCH3 is 2. The first kappa shape index (κ1) is 19.8. The SMILES string of the molecule is COc1ccc(OC)c(S(=O)(=O)N(C)Cc2nc(-c3ccc(C)cc3)no2)c1. The maximum absolute atomic E-state index is 13.0. The molecule has 28 heavy (non-hydrogen) atoms. The summed E-state index contributed by atoms with van der Waals surface area (Å²) in [6.07, 6.45) is 0. The highest BCUT2D eigenvalue weighted by Crippen LogP contribution is 2.30. The third-order valence-electron chi connectivity index (χ3n) is 4.19. The first-order valence-electron chi connectivity index (χ1n) is 8.43. The van der Waals surface area contributed by atoms with Crippen molar-refractivity contribution in [2.75, 3.05) is 21.3 Å². The van der Waals surface area contributed by atoms with Crippen LogP contribution in [0.5, 0.6) is 11.5 Å². The van der Waals surface area contributed by atoms with E-state index in [-0.39, 0.29) is 23.1 Å². The Bertz CT molecular complexity index is 1060. The van der Waals surface area contributed by atoms with E-state index in [1.165, 1.54) is 27.3 Å². The fraction of sp³-hybridized carbons (Fsp3) is 0.263. The average molecular weight is 403 g/mol. The highest BCUT2D eigenvalue weighted by Gasteiger charge is 2.27. The molecule has 0 aliphatic heterocycles. The molecule has 148 valence electrons. The zero-order chi connectivity index (χ0) is 20.3. The van der Waals surface area contributed by atoms with Crippen molar-refractivity contribution >= 4 is 10.0 Å². The van der Waals surface area contributed by atoms with Crippen LogP contribution >= 0.6 is 0 Å². The van der Waals surface area contributed by atoms with Gasteiger partial charge < -0.3 is 14.0 Å². The molecule has 0 atom stereocenters. The van der Waals surface area contributed by atoms with Gasteiger partial charge in [0.25, 0.3) is 0 Å². The van der Waals surface area contributed by atoms with E-state index in [1.54, 1.807) is 12.1 Å². The summed E-state index contributed by atoms with van der Waals surface area (Å²) in [4.78, 5) is 4.29. The predicted octanol–water partition coefficient (Wildman–Crippen LogP) is 2.88. The number of rotatable bonds is 7. The lowest BCUT2D eigenvalue weighted by molar-refractivity contribution is 0.335. The van der Waals surface area contributed by atoms with Crippen molar-refractivity contribution in [3.8, 4) is 22.9 Å². The largest absolute Gasteiger partial charge is 0.497 e. The van der Waals surface area contributed by atoms with Gasteiger partial charge in [-0.25, -0.2) is 8.42 Å². The summed E-state index contributed by atoms with van der Waals surface area (Å²) in [5.74, 6) is 1.22. The fourth-order valence-corrected chi connectivity index (χ4v) is 3.85. The van der Waals surface area contributed by atoms with E-state index in [2.05, 4.69) is 10.1 Å². The van der Waals surface area contributed by atoms with E-state index >= 15 is 0 Å². The van der Waals surface area contributed by atoms with Crippen molar-refractivity contribution in [2.45, 2.75) is 18.4 Å². The van der Waals surface area contributed by atoms with E-state index in [9.17, 15) is 8.42 Å². The first-order chi connectivity index (χ1) is 13.3. The van der Waals surface area contributed by atoms with Crippen molar-refractivity contribution in [3.63, 3.8) is 0 Å². The first-order valence-corrected chi connectivity index (χ1v) is 9.87. The Morgan fingerprint density at radius 1 is 1.07 bits per heavy atom. The van der Waals surface area contributed by atoms with Crippen LogP contribution in [0.2, 0.25) is 0 Å². The zero-order valence-corrected chi connectivity index (χ0v) is 16.9. The minimum atomic E-state index is -3.87. The number of aryl methyl sites for hydroxylation is 1. The molecule has 0 saturated carbocycles. The Hall–Kier alpha value is -2.91. The maximum Gasteiger partial charge on any atom is 0.247 e. The van der Waals surface area contributed by atoms with Crippen molar-refractivity contribution in [1.29, 1.82) is 0 Å². The summed E-state index contributed by atoms with van der Waals surface area (Å²) in [5.41, 5.74) is 1.91. The normalized spacial score (nSPS) is 11.6. The highest BCUT2D eigenvalue weighted by atomic mass is 32.2. The lowest BCUT2D eigenvalue weighted by Crippen LogP contribution is -2.27. The molecule has 1 heterocycles. The van der Waals surface area contributed by atoms with Gasteiger partial charge in [0.15, 0.2) is 0 Å². The Kier molecular flexibility index (Phi) is 5.66. The molecule has 9 heteroatoms. The quantitative estimate of drug-likeness (QED) is 0.599. The van der Waals surface area contributed by atoms with Gasteiger partial charge in [0.05, 0.1) is 20.8 Å². The van der Waals surface area contributed by atoms with E-state index in [0.29, 0.717) is 11.6 Å². The molecule has 0 spiro atoms. The van der Waals surface area contributed by atoms with Gasteiger partial charge in [0.1, 0.15) is 16.4 Å². The lowest BCUT2D eigenvalue weighted by Gasteiger charge is -2.17. The van der Waals surface area contributed by atoms with Gasteiger partial charge in [0.2, 0.25) is 21.7 Å². The monoisotopic (exact) mass is 403 g/mol. The van der Waals surface area contributed by atoms with Crippen molar-refractivity contribution in [1.82, 2.24) is 14.4 Å². The second-order valence-electron chi connectivity index (χ2n) is 6.16. The standard InChI is InChI=1S/C19H21N3O5S/c1-13-5-7-14(8-6-13)19-20-18(27-21-19)12-22(2)28(23,24)17-11-15(25-3)9-10-16(17)26-4/h5-11H,12H2,1-4H3. The third kappa shape index (κ3) is 4.00. The van der Waals surface area contributed by atoms with Crippen LogP contribution in [0.1, 0.15) is 11.5 Å². The Morgan fingerprint density at radius 2 is 1.79 bits per heavy atom. The van der Waals surface area contributed by atoms with E-state index in [4.69, 9.17) is 14.0 Å². The van der Waals surface area contributed by atoms with Crippen LogP contribution in [0.4, 0.5) is 0 Å². The van der Waals surface area contributed by atoms with E-state index in [0.717, 1.165) is 15.4 Å². The van der Waals surface area contributed by atoms with Gasteiger partial charge in [-0.1, -0.05) is 35.0 Å². The summed E-state index contributed by atoms with van der Waals surface area (Å²) in [7, 11) is 0.436. The fourth-order valence-electron chi connectivity index (χ4n) is 2.57. The number of nitrogens with zero attached hydrogens (tertiary/aromatic N) is 3. The molecule has 0 unspecified atom stereocenters. The molecule has 0 amide bonds. The third-order valence-corrected chi connectivity index (χ3v) is 6.02. The van der Waals surface area contributed by atoms with Gasteiger partial charge >= 0.3 is 0 Å². The number of benzene rings is 2. The molecule has 0 N–H and O–H groups in total. The van der Waals surface area contributed by atoms with Gasteiger partial charge in [0, 0.05) is 18.7 Å². The Balaban J connectivity index is 1.84. The smallest absolute Gasteiger partial charge is 0.247 e. The van der Waals surface area contributed by atoms with Crippen LogP contribution in [0.3, 0.4) is 0 Å². The number of ether oxygens (including phenoxy) is 2. The van der Waals surface area contributed by atoms with Crippen LogP contribution in [0.25, 0.3) is 11.4 Å². The predicted molar refractivity (Wildman–Crippen MR) is 103 cm³/mol. The number of aromatic nitrogens is 2. The molecule has 3 aromatic rings. The summed E-state index contributed by atoms with van der Waals surface area (Å²) >= 11 is 0. The second kappa shape index (κ2) is 7.99. The summed E-state index contributed by atoms with van der Waals surface area (Å²) < 4.78 is 42.7. The Labute approximate surface area is 163 Å².